The quantitative estimate of drug-likeness (QED) is 0.794. The van der Waals surface area contributed by atoms with Crippen LogP contribution in [0.1, 0.15) is 38.8 Å². The lowest BCUT2D eigenvalue weighted by atomic mass is 10.1. The van der Waals surface area contributed by atoms with Crippen LogP contribution in [0.3, 0.4) is 0 Å². The molecule has 3 nitrogen and oxygen atoms in total. The molecule has 0 aliphatic rings. The molecular weight excluding hydrogens is 280 g/mol. The first-order valence-corrected chi connectivity index (χ1v) is 7.29. The maximum atomic E-state index is 11.6. The number of halogens is 1. The Morgan fingerprint density at radius 2 is 1.89 bits per heavy atom. The maximum absolute atomic E-state index is 11.6. The molecule has 0 radical (unpaired) electrons. The summed E-state index contributed by atoms with van der Waals surface area (Å²) in [5.74, 6) is 1.07. The van der Waals surface area contributed by atoms with Crippen LogP contribution in [-0.4, -0.2) is 17.7 Å². The number of benzene rings is 1. The fourth-order valence-electron chi connectivity index (χ4n) is 1.70. The zero-order valence-corrected chi connectivity index (χ0v) is 13.3. The third kappa shape index (κ3) is 6.85. The predicted molar refractivity (Wildman–Crippen MR) is 84.9 cm³/mol. The van der Waals surface area contributed by atoms with E-state index in [0.717, 1.165) is 11.3 Å². The molecule has 1 aromatic carbocycles. The summed E-state index contributed by atoms with van der Waals surface area (Å²) in [6.45, 7) is 5.96. The average Bonchev–Trinajstić information content (AvgIpc) is 2.29. The fraction of sp³-hybridized carbons (Fsp3) is 0.500. The van der Waals surface area contributed by atoms with Gasteiger partial charge in [0.25, 0.3) is 0 Å². The largest absolute Gasteiger partial charge is 0.350 e. The van der Waals surface area contributed by atoms with Crippen molar-refractivity contribution in [1.29, 1.82) is 0 Å². The van der Waals surface area contributed by atoms with Gasteiger partial charge in [0.15, 0.2) is 0 Å². The number of thioether (sulfide) groups is 1. The van der Waals surface area contributed by atoms with Crippen LogP contribution in [0.15, 0.2) is 29.2 Å². The Balaban J connectivity index is 0.00000324. The zero-order valence-electron chi connectivity index (χ0n) is 11.7. The summed E-state index contributed by atoms with van der Waals surface area (Å²) in [6.07, 6.45) is 0.369. The minimum atomic E-state index is -0.0967. The molecule has 1 aromatic rings. The molecule has 3 N–H and O–H groups in total. The molecule has 0 aliphatic carbocycles. The van der Waals surface area contributed by atoms with Gasteiger partial charge in [0.05, 0.1) is 6.04 Å². The van der Waals surface area contributed by atoms with E-state index in [1.54, 1.807) is 0 Å². The molecule has 0 heterocycles. The van der Waals surface area contributed by atoms with Gasteiger partial charge in [-0.3, -0.25) is 4.79 Å². The smallest absolute Gasteiger partial charge is 0.222 e. The highest BCUT2D eigenvalue weighted by Gasteiger charge is 2.10. The first-order chi connectivity index (χ1) is 8.52. The first kappa shape index (κ1) is 18.3. The molecular formula is C14H23ClN2OS. The predicted octanol–water partition coefficient (Wildman–Crippen LogP) is 3.13. The highest BCUT2D eigenvalue weighted by molar-refractivity contribution is 7.99. The number of rotatable bonds is 6. The molecule has 2 unspecified atom stereocenters. The minimum absolute atomic E-state index is 0. The summed E-state index contributed by atoms with van der Waals surface area (Å²) in [4.78, 5) is 12.9. The van der Waals surface area contributed by atoms with Crippen LogP contribution in [0.2, 0.25) is 0 Å². The van der Waals surface area contributed by atoms with Crippen molar-refractivity contribution in [3.8, 4) is 0 Å². The summed E-state index contributed by atoms with van der Waals surface area (Å²) in [6, 6.07) is 8.25. The van der Waals surface area contributed by atoms with Gasteiger partial charge >= 0.3 is 0 Å². The van der Waals surface area contributed by atoms with E-state index in [4.69, 9.17) is 5.73 Å². The summed E-state index contributed by atoms with van der Waals surface area (Å²) >= 11 is 1.81. The van der Waals surface area contributed by atoms with Crippen molar-refractivity contribution < 1.29 is 4.79 Å². The monoisotopic (exact) mass is 302 g/mol. The van der Waals surface area contributed by atoms with Crippen molar-refractivity contribution >= 4 is 30.1 Å². The molecule has 108 valence electrons. The van der Waals surface area contributed by atoms with Crippen LogP contribution in [0.25, 0.3) is 0 Å². The Hall–Kier alpha value is -0.710. The van der Waals surface area contributed by atoms with Crippen molar-refractivity contribution in [2.75, 3.05) is 5.75 Å². The van der Waals surface area contributed by atoms with E-state index in [0.29, 0.717) is 6.42 Å². The molecule has 1 amide bonds. The Morgan fingerprint density at radius 1 is 1.32 bits per heavy atom. The zero-order chi connectivity index (χ0) is 13.5. The average molecular weight is 303 g/mol. The second-order valence-electron chi connectivity index (χ2n) is 4.47. The van der Waals surface area contributed by atoms with Crippen molar-refractivity contribution in [2.24, 2.45) is 5.73 Å². The van der Waals surface area contributed by atoms with E-state index in [2.05, 4.69) is 36.5 Å². The van der Waals surface area contributed by atoms with E-state index < -0.39 is 0 Å². The van der Waals surface area contributed by atoms with Gasteiger partial charge < -0.3 is 11.1 Å². The number of amides is 1. The number of nitrogens with two attached hydrogens (primary N) is 1. The third-order valence-corrected chi connectivity index (χ3v) is 3.47. The summed E-state index contributed by atoms with van der Waals surface area (Å²) in [5.41, 5.74) is 6.72. The van der Waals surface area contributed by atoms with Gasteiger partial charge in [-0.1, -0.05) is 19.1 Å². The van der Waals surface area contributed by atoms with Crippen LogP contribution in [0.4, 0.5) is 0 Å². The summed E-state index contributed by atoms with van der Waals surface area (Å²) < 4.78 is 0. The van der Waals surface area contributed by atoms with Crippen LogP contribution < -0.4 is 11.1 Å². The molecule has 5 heteroatoms. The van der Waals surface area contributed by atoms with Gasteiger partial charge in [-0.15, -0.1) is 24.2 Å². The lowest BCUT2D eigenvalue weighted by molar-refractivity contribution is -0.122. The van der Waals surface area contributed by atoms with E-state index in [9.17, 15) is 4.79 Å². The third-order valence-electron chi connectivity index (χ3n) is 2.58. The standard InChI is InChI=1S/C14H22N2OS.ClH/c1-4-18-13-7-5-12(6-8-13)11(3)16-14(17)9-10(2)15;/h5-8,10-11H,4,9,15H2,1-3H3,(H,16,17);1H. The number of carbonyl (C=O) groups is 1. The van der Waals surface area contributed by atoms with Gasteiger partial charge in [0, 0.05) is 17.4 Å². The molecule has 0 aliphatic heterocycles. The molecule has 0 saturated carbocycles. The second-order valence-corrected chi connectivity index (χ2v) is 5.81. The Kier molecular flexibility index (Phi) is 8.89. The molecule has 0 saturated heterocycles. The lowest BCUT2D eigenvalue weighted by Crippen LogP contribution is -2.31. The SMILES string of the molecule is CCSc1ccc(C(C)NC(=O)CC(C)N)cc1.Cl. The fourth-order valence-corrected chi connectivity index (χ4v) is 2.36. The van der Waals surface area contributed by atoms with Crippen molar-refractivity contribution in [3.63, 3.8) is 0 Å². The van der Waals surface area contributed by atoms with Crippen molar-refractivity contribution in [1.82, 2.24) is 5.32 Å². The van der Waals surface area contributed by atoms with E-state index in [1.807, 2.05) is 25.6 Å². The van der Waals surface area contributed by atoms with Crippen LogP contribution in [0, 0.1) is 0 Å². The molecule has 0 aromatic heterocycles. The number of carbonyl (C=O) groups excluding carboxylic acids is 1. The van der Waals surface area contributed by atoms with Gasteiger partial charge in [-0.25, -0.2) is 0 Å². The molecule has 0 spiro atoms. The van der Waals surface area contributed by atoms with E-state index in [-0.39, 0.29) is 30.4 Å². The van der Waals surface area contributed by atoms with Gasteiger partial charge in [-0.2, -0.15) is 0 Å². The van der Waals surface area contributed by atoms with Crippen LogP contribution >= 0.6 is 24.2 Å². The van der Waals surface area contributed by atoms with Crippen LogP contribution in [-0.2, 0) is 4.79 Å². The van der Waals surface area contributed by atoms with Gasteiger partial charge in [-0.05, 0) is 37.3 Å². The topological polar surface area (TPSA) is 55.1 Å². The van der Waals surface area contributed by atoms with Gasteiger partial charge in [0.1, 0.15) is 0 Å². The summed E-state index contributed by atoms with van der Waals surface area (Å²) in [7, 11) is 0. The molecule has 1 rings (SSSR count). The first-order valence-electron chi connectivity index (χ1n) is 6.30. The lowest BCUT2D eigenvalue weighted by Gasteiger charge is -2.15. The number of hydrogen-bond acceptors (Lipinski definition) is 3. The molecule has 2 atom stereocenters. The molecule has 19 heavy (non-hydrogen) atoms. The normalized spacial score (nSPS) is 13.3. The maximum Gasteiger partial charge on any atom is 0.222 e. The van der Waals surface area contributed by atoms with Gasteiger partial charge in [0.2, 0.25) is 5.91 Å². The second kappa shape index (κ2) is 9.23. The van der Waals surface area contributed by atoms with E-state index in [1.165, 1.54) is 4.90 Å². The number of nitrogens with one attached hydrogen (secondary N) is 1. The summed E-state index contributed by atoms with van der Waals surface area (Å²) in [5, 5.41) is 2.95. The minimum Gasteiger partial charge on any atom is -0.350 e. The number of hydrogen-bond donors (Lipinski definition) is 2. The highest BCUT2D eigenvalue weighted by Crippen LogP contribution is 2.20. The van der Waals surface area contributed by atoms with Crippen LogP contribution in [0.5, 0.6) is 0 Å². The Morgan fingerprint density at radius 3 is 2.37 bits per heavy atom. The Bertz CT molecular complexity index is 382. The Labute approximate surface area is 126 Å². The molecule has 0 fully saturated rings. The van der Waals surface area contributed by atoms with Crippen molar-refractivity contribution in [3.05, 3.63) is 29.8 Å². The highest BCUT2D eigenvalue weighted by atomic mass is 35.5. The van der Waals surface area contributed by atoms with E-state index >= 15 is 0 Å². The van der Waals surface area contributed by atoms with Crippen molar-refractivity contribution in [2.45, 2.75) is 44.2 Å². The molecule has 0 bridgehead atoms.